The van der Waals surface area contributed by atoms with Crippen molar-refractivity contribution in [2.45, 2.75) is 13.3 Å². The summed E-state index contributed by atoms with van der Waals surface area (Å²) in [7, 11) is -1.49. The third-order valence-electron chi connectivity index (χ3n) is 1.47. The summed E-state index contributed by atoms with van der Waals surface area (Å²) >= 11 is 0. The van der Waals surface area contributed by atoms with Crippen molar-refractivity contribution >= 4 is 10.0 Å². The Balaban J connectivity index is 3.52. The SMILES string of the molecule is CCCOCCN(C)S(C)(=O)=O. The maximum atomic E-state index is 10.9. The zero-order valence-corrected chi connectivity index (χ0v) is 8.73. The second kappa shape index (κ2) is 5.50. The molecule has 12 heavy (non-hydrogen) atoms. The summed E-state index contributed by atoms with van der Waals surface area (Å²) in [5.41, 5.74) is 0. The minimum absolute atomic E-state index is 0.429. The van der Waals surface area contributed by atoms with Crippen molar-refractivity contribution in [1.29, 1.82) is 0 Å². The van der Waals surface area contributed by atoms with Gasteiger partial charge in [0.05, 0.1) is 12.9 Å². The van der Waals surface area contributed by atoms with Crippen molar-refractivity contribution in [3.8, 4) is 0 Å². The van der Waals surface area contributed by atoms with Gasteiger partial charge in [-0.25, -0.2) is 12.7 Å². The Kier molecular flexibility index (Phi) is 5.44. The van der Waals surface area contributed by atoms with Crippen LogP contribution in [0.5, 0.6) is 0 Å². The first kappa shape index (κ1) is 11.9. The van der Waals surface area contributed by atoms with E-state index in [9.17, 15) is 8.42 Å². The van der Waals surface area contributed by atoms with Crippen LogP contribution in [-0.4, -0.2) is 45.8 Å². The van der Waals surface area contributed by atoms with E-state index in [-0.39, 0.29) is 0 Å². The van der Waals surface area contributed by atoms with Crippen molar-refractivity contribution < 1.29 is 13.2 Å². The molecule has 4 nitrogen and oxygen atoms in total. The molecular formula is C7H17NO3S. The zero-order chi connectivity index (χ0) is 9.61. The number of likely N-dealkylation sites (N-methyl/N-ethyl adjacent to an activating group) is 1. The molecule has 5 heteroatoms. The molecule has 0 aromatic heterocycles. The molecule has 0 aliphatic heterocycles. The van der Waals surface area contributed by atoms with Crippen LogP contribution in [0.25, 0.3) is 0 Å². The highest BCUT2D eigenvalue weighted by atomic mass is 32.2. The van der Waals surface area contributed by atoms with E-state index in [2.05, 4.69) is 0 Å². The van der Waals surface area contributed by atoms with E-state index in [4.69, 9.17) is 4.74 Å². The third-order valence-corrected chi connectivity index (χ3v) is 2.78. The van der Waals surface area contributed by atoms with Gasteiger partial charge in [-0.3, -0.25) is 0 Å². The molecule has 74 valence electrons. The van der Waals surface area contributed by atoms with Crippen LogP contribution in [0.15, 0.2) is 0 Å². The molecule has 0 aromatic rings. The topological polar surface area (TPSA) is 46.6 Å². The summed E-state index contributed by atoms with van der Waals surface area (Å²) < 4.78 is 28.2. The molecule has 0 saturated heterocycles. The molecule has 0 aromatic carbocycles. The van der Waals surface area contributed by atoms with Crippen LogP contribution >= 0.6 is 0 Å². The molecule has 0 N–H and O–H groups in total. The zero-order valence-electron chi connectivity index (χ0n) is 7.91. The van der Waals surface area contributed by atoms with Gasteiger partial charge in [-0.1, -0.05) is 6.92 Å². The lowest BCUT2D eigenvalue weighted by molar-refractivity contribution is 0.127. The highest BCUT2D eigenvalue weighted by Gasteiger charge is 2.09. The van der Waals surface area contributed by atoms with E-state index >= 15 is 0 Å². The summed E-state index contributed by atoms with van der Waals surface area (Å²) in [6.07, 6.45) is 2.15. The van der Waals surface area contributed by atoms with Crippen molar-refractivity contribution in [1.82, 2.24) is 4.31 Å². The summed E-state index contributed by atoms with van der Waals surface area (Å²) in [4.78, 5) is 0. The van der Waals surface area contributed by atoms with Gasteiger partial charge < -0.3 is 4.74 Å². The number of hydrogen-bond acceptors (Lipinski definition) is 3. The molecule has 0 heterocycles. The Morgan fingerprint density at radius 2 is 1.92 bits per heavy atom. The van der Waals surface area contributed by atoms with E-state index in [0.29, 0.717) is 19.8 Å². The minimum Gasteiger partial charge on any atom is -0.380 e. The molecule has 0 amide bonds. The van der Waals surface area contributed by atoms with Crippen LogP contribution in [0, 0.1) is 0 Å². The number of sulfonamides is 1. The fraction of sp³-hybridized carbons (Fsp3) is 1.00. The van der Waals surface area contributed by atoms with Gasteiger partial charge in [0.1, 0.15) is 0 Å². The maximum absolute atomic E-state index is 10.9. The first-order valence-electron chi connectivity index (χ1n) is 3.97. The predicted molar refractivity (Wildman–Crippen MR) is 48.6 cm³/mol. The van der Waals surface area contributed by atoms with Crippen molar-refractivity contribution in [3.05, 3.63) is 0 Å². The molecule has 0 unspecified atom stereocenters. The second-order valence-electron chi connectivity index (χ2n) is 2.70. The van der Waals surface area contributed by atoms with E-state index in [1.807, 2.05) is 6.92 Å². The lowest BCUT2D eigenvalue weighted by atomic mass is 10.5. The van der Waals surface area contributed by atoms with Gasteiger partial charge in [-0.2, -0.15) is 0 Å². The molecule has 0 atom stereocenters. The van der Waals surface area contributed by atoms with E-state index < -0.39 is 10.0 Å². The molecule has 0 aliphatic rings. The Bertz CT molecular complexity index is 201. The monoisotopic (exact) mass is 195 g/mol. The van der Waals surface area contributed by atoms with Gasteiger partial charge in [-0.15, -0.1) is 0 Å². The van der Waals surface area contributed by atoms with Gasteiger partial charge >= 0.3 is 0 Å². The van der Waals surface area contributed by atoms with Crippen LogP contribution in [0.2, 0.25) is 0 Å². The summed E-state index contributed by atoms with van der Waals surface area (Å²) in [5.74, 6) is 0. The van der Waals surface area contributed by atoms with Gasteiger partial charge in [0.15, 0.2) is 0 Å². The highest BCUT2D eigenvalue weighted by Crippen LogP contribution is 1.92. The van der Waals surface area contributed by atoms with Gasteiger partial charge in [0.2, 0.25) is 10.0 Å². The summed E-state index contributed by atoms with van der Waals surface area (Å²) in [6, 6.07) is 0. The van der Waals surface area contributed by atoms with Crippen LogP contribution in [0.3, 0.4) is 0 Å². The predicted octanol–water partition coefficient (Wildman–Crippen LogP) is 0.304. The van der Waals surface area contributed by atoms with Crippen LogP contribution in [-0.2, 0) is 14.8 Å². The Hall–Kier alpha value is -0.130. The molecular weight excluding hydrogens is 178 g/mol. The molecule has 0 rings (SSSR count). The highest BCUT2D eigenvalue weighted by molar-refractivity contribution is 7.88. The second-order valence-corrected chi connectivity index (χ2v) is 4.79. The Labute approximate surface area is 74.6 Å². The summed E-state index contributed by atoms with van der Waals surface area (Å²) in [5, 5.41) is 0. The van der Waals surface area contributed by atoms with Crippen LogP contribution < -0.4 is 0 Å². The largest absolute Gasteiger partial charge is 0.380 e. The van der Waals surface area contributed by atoms with Crippen LogP contribution in [0.4, 0.5) is 0 Å². The van der Waals surface area contributed by atoms with Crippen molar-refractivity contribution in [2.24, 2.45) is 0 Å². The quantitative estimate of drug-likeness (QED) is 0.573. The number of nitrogens with zero attached hydrogens (tertiary/aromatic N) is 1. The van der Waals surface area contributed by atoms with Gasteiger partial charge in [0.25, 0.3) is 0 Å². The van der Waals surface area contributed by atoms with Crippen LogP contribution in [0.1, 0.15) is 13.3 Å². The average Bonchev–Trinajstić information content (AvgIpc) is 1.96. The van der Waals surface area contributed by atoms with Gasteiger partial charge in [-0.05, 0) is 6.42 Å². The first-order valence-corrected chi connectivity index (χ1v) is 5.82. The van der Waals surface area contributed by atoms with E-state index in [1.165, 1.54) is 10.6 Å². The standard InChI is InChI=1S/C7H17NO3S/c1-4-6-11-7-5-8(2)12(3,9)10/h4-7H2,1-3H3. The fourth-order valence-electron chi connectivity index (χ4n) is 0.605. The summed E-state index contributed by atoms with van der Waals surface area (Å²) in [6.45, 7) is 3.61. The maximum Gasteiger partial charge on any atom is 0.211 e. The molecule has 0 saturated carbocycles. The van der Waals surface area contributed by atoms with Gasteiger partial charge in [0, 0.05) is 20.2 Å². The minimum atomic E-state index is -3.04. The number of hydrogen-bond donors (Lipinski definition) is 0. The number of rotatable bonds is 6. The smallest absolute Gasteiger partial charge is 0.211 e. The molecule has 0 bridgehead atoms. The lowest BCUT2D eigenvalue weighted by Gasteiger charge is -2.13. The van der Waals surface area contributed by atoms with E-state index in [1.54, 1.807) is 7.05 Å². The van der Waals surface area contributed by atoms with E-state index in [0.717, 1.165) is 6.42 Å². The molecule has 0 spiro atoms. The van der Waals surface area contributed by atoms with Crippen molar-refractivity contribution in [2.75, 3.05) is 33.1 Å². The lowest BCUT2D eigenvalue weighted by Crippen LogP contribution is -2.29. The molecule has 0 fully saturated rings. The fourth-order valence-corrected chi connectivity index (χ4v) is 1.01. The van der Waals surface area contributed by atoms with Crippen molar-refractivity contribution in [3.63, 3.8) is 0 Å². The first-order chi connectivity index (χ1) is 5.48. The molecule has 0 radical (unpaired) electrons. The number of ether oxygens (including phenoxy) is 1. The molecule has 0 aliphatic carbocycles. The Morgan fingerprint density at radius 3 is 2.33 bits per heavy atom. The average molecular weight is 195 g/mol. The Morgan fingerprint density at radius 1 is 1.33 bits per heavy atom. The normalized spacial score (nSPS) is 12.3. The third kappa shape index (κ3) is 5.51.